The number of aromatic nitrogens is 2. The maximum absolute atomic E-state index is 12.0. The monoisotopic (exact) mass is 325 g/mol. The van der Waals surface area contributed by atoms with Gasteiger partial charge in [-0.25, -0.2) is 18.4 Å². The molecule has 1 aliphatic heterocycles. The molecular formula is C14H19N3O4S. The molecule has 1 saturated heterocycles. The summed E-state index contributed by atoms with van der Waals surface area (Å²) in [7, 11) is -1.99. The molecule has 0 bridgehead atoms. The number of anilines is 1. The SMILES string of the molecule is COC(=O)[C@@H]1CN(c2ccnc(C3CC3)n2)CCS(=O)(=O)C1. The van der Waals surface area contributed by atoms with E-state index in [2.05, 4.69) is 9.97 Å². The largest absolute Gasteiger partial charge is 0.469 e. The molecule has 0 spiro atoms. The molecule has 1 aromatic heterocycles. The van der Waals surface area contributed by atoms with Gasteiger partial charge in [0.05, 0.1) is 24.5 Å². The summed E-state index contributed by atoms with van der Waals surface area (Å²) in [5.41, 5.74) is 0. The van der Waals surface area contributed by atoms with Crippen LogP contribution in [-0.4, -0.2) is 56.1 Å². The van der Waals surface area contributed by atoms with Gasteiger partial charge in [0.15, 0.2) is 9.84 Å². The Labute approximate surface area is 129 Å². The fourth-order valence-corrected chi connectivity index (χ4v) is 4.16. The van der Waals surface area contributed by atoms with E-state index < -0.39 is 21.7 Å². The van der Waals surface area contributed by atoms with Gasteiger partial charge in [-0.15, -0.1) is 0 Å². The van der Waals surface area contributed by atoms with E-state index in [4.69, 9.17) is 4.74 Å². The van der Waals surface area contributed by atoms with Crippen molar-refractivity contribution in [2.75, 3.05) is 36.6 Å². The van der Waals surface area contributed by atoms with Gasteiger partial charge < -0.3 is 9.64 Å². The van der Waals surface area contributed by atoms with Crippen LogP contribution in [-0.2, 0) is 19.4 Å². The van der Waals surface area contributed by atoms with Crippen molar-refractivity contribution in [2.45, 2.75) is 18.8 Å². The minimum absolute atomic E-state index is 0.0171. The third kappa shape index (κ3) is 3.37. The lowest BCUT2D eigenvalue weighted by molar-refractivity contribution is -0.144. The molecule has 7 nitrogen and oxygen atoms in total. The Balaban J connectivity index is 1.85. The van der Waals surface area contributed by atoms with Crippen LogP contribution in [0, 0.1) is 5.92 Å². The van der Waals surface area contributed by atoms with E-state index in [0.717, 1.165) is 18.7 Å². The molecule has 0 aromatic carbocycles. The molecule has 22 heavy (non-hydrogen) atoms. The van der Waals surface area contributed by atoms with Crippen LogP contribution in [0.4, 0.5) is 5.82 Å². The maximum atomic E-state index is 12.0. The van der Waals surface area contributed by atoms with E-state index in [1.54, 1.807) is 12.3 Å². The zero-order valence-electron chi connectivity index (χ0n) is 12.4. The maximum Gasteiger partial charge on any atom is 0.311 e. The third-order valence-electron chi connectivity index (χ3n) is 4.03. The lowest BCUT2D eigenvalue weighted by Crippen LogP contribution is -2.34. The zero-order valence-corrected chi connectivity index (χ0v) is 13.3. The van der Waals surface area contributed by atoms with E-state index in [9.17, 15) is 13.2 Å². The smallest absolute Gasteiger partial charge is 0.311 e. The quantitative estimate of drug-likeness (QED) is 0.742. The van der Waals surface area contributed by atoms with Gasteiger partial charge in [-0.05, 0) is 18.9 Å². The number of hydrogen-bond donors (Lipinski definition) is 0. The zero-order chi connectivity index (χ0) is 15.7. The van der Waals surface area contributed by atoms with Crippen molar-refractivity contribution >= 4 is 21.6 Å². The predicted octanol–water partition coefficient (Wildman–Crippen LogP) is 0.378. The lowest BCUT2D eigenvalue weighted by Gasteiger charge is -2.23. The normalized spacial score (nSPS) is 24.6. The van der Waals surface area contributed by atoms with Crippen LogP contribution >= 0.6 is 0 Å². The van der Waals surface area contributed by atoms with Crippen LogP contribution in [0.2, 0.25) is 0 Å². The second-order valence-electron chi connectivity index (χ2n) is 5.83. The number of rotatable bonds is 3. The molecule has 8 heteroatoms. The first-order chi connectivity index (χ1) is 10.5. The summed E-state index contributed by atoms with van der Waals surface area (Å²) in [5, 5.41) is 0. The lowest BCUT2D eigenvalue weighted by atomic mass is 10.1. The van der Waals surface area contributed by atoms with E-state index in [-0.39, 0.29) is 11.5 Å². The van der Waals surface area contributed by atoms with E-state index in [1.165, 1.54) is 7.11 Å². The predicted molar refractivity (Wildman–Crippen MR) is 80.4 cm³/mol. The first-order valence-corrected chi connectivity index (χ1v) is 9.17. The minimum Gasteiger partial charge on any atom is -0.469 e. The van der Waals surface area contributed by atoms with Crippen LogP contribution in [0.15, 0.2) is 12.3 Å². The van der Waals surface area contributed by atoms with Crippen molar-refractivity contribution in [3.63, 3.8) is 0 Å². The molecule has 2 heterocycles. The van der Waals surface area contributed by atoms with E-state index in [0.29, 0.717) is 24.8 Å². The van der Waals surface area contributed by atoms with Crippen LogP contribution in [0.5, 0.6) is 0 Å². The van der Waals surface area contributed by atoms with Crippen molar-refractivity contribution in [3.8, 4) is 0 Å². The molecule has 1 saturated carbocycles. The van der Waals surface area contributed by atoms with E-state index >= 15 is 0 Å². The number of esters is 1. The Hall–Kier alpha value is -1.70. The summed E-state index contributed by atoms with van der Waals surface area (Å²) in [6.07, 6.45) is 3.90. The second-order valence-corrected chi connectivity index (χ2v) is 8.06. The highest BCUT2D eigenvalue weighted by molar-refractivity contribution is 7.91. The average molecular weight is 325 g/mol. The third-order valence-corrected chi connectivity index (χ3v) is 5.74. The van der Waals surface area contributed by atoms with Crippen LogP contribution < -0.4 is 4.90 Å². The molecule has 0 N–H and O–H groups in total. The molecule has 2 aliphatic rings. The molecule has 1 aromatic rings. The Morgan fingerprint density at radius 2 is 2.18 bits per heavy atom. The van der Waals surface area contributed by atoms with Gasteiger partial charge in [-0.3, -0.25) is 4.79 Å². The van der Waals surface area contributed by atoms with Crippen LogP contribution in [0.3, 0.4) is 0 Å². The van der Waals surface area contributed by atoms with Gasteiger partial charge in [0.2, 0.25) is 0 Å². The molecule has 120 valence electrons. The number of sulfone groups is 1. The first-order valence-electron chi connectivity index (χ1n) is 7.34. The minimum atomic E-state index is -3.26. The standard InChI is InChI=1S/C14H19N3O4S/c1-21-14(18)11-8-17(6-7-22(19,20)9-11)12-4-5-15-13(16-12)10-2-3-10/h4-5,10-11H,2-3,6-9H2,1H3/t11-/m1/s1. The van der Waals surface area contributed by atoms with Crippen LogP contribution in [0.1, 0.15) is 24.6 Å². The van der Waals surface area contributed by atoms with Crippen LogP contribution in [0.25, 0.3) is 0 Å². The van der Waals surface area contributed by atoms with Crippen molar-refractivity contribution in [3.05, 3.63) is 18.1 Å². The van der Waals surface area contributed by atoms with Crippen molar-refractivity contribution in [1.82, 2.24) is 9.97 Å². The summed E-state index contributed by atoms with van der Waals surface area (Å²) in [5.74, 6) is 0.581. The molecule has 1 atom stereocenters. The number of ether oxygens (including phenoxy) is 1. The Morgan fingerprint density at radius 1 is 1.41 bits per heavy atom. The van der Waals surface area contributed by atoms with Gasteiger partial charge in [0.25, 0.3) is 0 Å². The number of hydrogen-bond acceptors (Lipinski definition) is 7. The number of carbonyl (C=O) groups excluding carboxylic acids is 1. The summed E-state index contributed by atoms with van der Waals surface area (Å²) in [6, 6.07) is 1.76. The molecule has 1 aliphatic carbocycles. The average Bonchev–Trinajstić information content (AvgIpc) is 3.34. The van der Waals surface area contributed by atoms with Crippen molar-refractivity contribution in [1.29, 1.82) is 0 Å². The Morgan fingerprint density at radius 3 is 2.86 bits per heavy atom. The molecule has 3 rings (SSSR count). The Kier molecular flexibility index (Phi) is 4.03. The fraction of sp³-hybridized carbons (Fsp3) is 0.643. The van der Waals surface area contributed by atoms with Gasteiger partial charge in [0.1, 0.15) is 11.6 Å². The molecule has 0 unspecified atom stereocenters. The highest BCUT2D eigenvalue weighted by atomic mass is 32.2. The van der Waals surface area contributed by atoms with Gasteiger partial charge in [-0.1, -0.05) is 0 Å². The topological polar surface area (TPSA) is 89.5 Å². The summed E-state index contributed by atoms with van der Waals surface area (Å²) < 4.78 is 28.7. The van der Waals surface area contributed by atoms with Gasteiger partial charge in [-0.2, -0.15) is 0 Å². The fourth-order valence-electron chi connectivity index (χ4n) is 2.64. The summed E-state index contributed by atoms with van der Waals surface area (Å²) in [4.78, 5) is 22.5. The number of methoxy groups -OCH3 is 1. The highest BCUT2D eigenvalue weighted by Crippen LogP contribution is 2.38. The molecule has 0 amide bonds. The number of carbonyl (C=O) groups is 1. The summed E-state index contributed by atoms with van der Waals surface area (Å²) >= 11 is 0. The number of nitrogens with zero attached hydrogens (tertiary/aromatic N) is 3. The first kappa shape index (κ1) is 15.2. The highest BCUT2D eigenvalue weighted by Gasteiger charge is 2.33. The molecule has 0 radical (unpaired) electrons. The van der Waals surface area contributed by atoms with Crippen molar-refractivity contribution in [2.24, 2.45) is 5.92 Å². The van der Waals surface area contributed by atoms with Crippen molar-refractivity contribution < 1.29 is 17.9 Å². The summed E-state index contributed by atoms with van der Waals surface area (Å²) in [6.45, 7) is 0.629. The second kappa shape index (κ2) is 5.83. The van der Waals surface area contributed by atoms with Gasteiger partial charge in [0, 0.05) is 25.2 Å². The van der Waals surface area contributed by atoms with E-state index in [1.807, 2.05) is 4.90 Å². The molecular weight excluding hydrogens is 306 g/mol. The van der Waals surface area contributed by atoms with Gasteiger partial charge >= 0.3 is 5.97 Å². The Bertz CT molecular complexity index is 672. The molecule has 2 fully saturated rings.